The Morgan fingerprint density at radius 2 is 2.40 bits per heavy atom. The summed E-state index contributed by atoms with van der Waals surface area (Å²) >= 11 is 0. The zero-order valence-electron chi connectivity index (χ0n) is 8.02. The largest absolute Gasteiger partial charge is 0.480 e. The maximum atomic E-state index is 11.4. The quantitative estimate of drug-likeness (QED) is 0.731. The number of aromatic nitrogens is 3. The molecule has 2 heterocycles. The molecule has 0 bridgehead atoms. The van der Waals surface area contributed by atoms with Crippen molar-refractivity contribution < 1.29 is 9.90 Å². The van der Waals surface area contributed by atoms with Crippen LogP contribution in [-0.4, -0.2) is 25.8 Å². The first kappa shape index (κ1) is 9.45. The number of carbonyl (C=O) groups is 1. The topological polar surface area (TPSA) is 88.0 Å². The number of rotatable bonds is 2. The lowest BCUT2D eigenvalue weighted by molar-refractivity contribution is -0.137. The lowest BCUT2D eigenvalue weighted by Gasteiger charge is -1.98. The van der Waals surface area contributed by atoms with E-state index in [1.54, 1.807) is 13.1 Å². The van der Waals surface area contributed by atoms with Gasteiger partial charge in [-0.25, -0.2) is 5.10 Å². The van der Waals surface area contributed by atoms with E-state index in [0.717, 1.165) is 5.56 Å². The summed E-state index contributed by atoms with van der Waals surface area (Å²) in [6.07, 6.45) is 3.09. The van der Waals surface area contributed by atoms with Gasteiger partial charge in [0.05, 0.1) is 17.1 Å². The monoisotopic (exact) mass is 207 g/mol. The first-order chi connectivity index (χ1) is 7.09. The lowest BCUT2D eigenvalue weighted by Crippen LogP contribution is -2.10. The highest BCUT2D eigenvalue weighted by Gasteiger charge is 2.10. The molecule has 15 heavy (non-hydrogen) atoms. The summed E-state index contributed by atoms with van der Waals surface area (Å²) in [4.78, 5) is 22.0. The first-order valence-corrected chi connectivity index (χ1v) is 4.34. The van der Waals surface area contributed by atoms with Gasteiger partial charge in [0.1, 0.15) is 6.54 Å². The van der Waals surface area contributed by atoms with Crippen LogP contribution >= 0.6 is 0 Å². The Balaban J connectivity index is 2.73. The summed E-state index contributed by atoms with van der Waals surface area (Å²) in [5, 5.41) is 15.1. The average molecular weight is 207 g/mol. The molecule has 0 unspecified atom stereocenters. The summed E-state index contributed by atoms with van der Waals surface area (Å²) in [6, 6.07) is 0. The van der Waals surface area contributed by atoms with Gasteiger partial charge in [-0.1, -0.05) is 0 Å². The van der Waals surface area contributed by atoms with Gasteiger partial charge in [-0.15, -0.1) is 0 Å². The molecule has 6 nitrogen and oxygen atoms in total. The van der Waals surface area contributed by atoms with E-state index in [9.17, 15) is 9.59 Å². The highest BCUT2D eigenvalue weighted by Crippen LogP contribution is 2.15. The maximum Gasteiger partial charge on any atom is 0.323 e. The maximum absolute atomic E-state index is 11.4. The fourth-order valence-electron chi connectivity index (χ4n) is 1.63. The van der Waals surface area contributed by atoms with Gasteiger partial charge in [-0.3, -0.25) is 9.59 Å². The summed E-state index contributed by atoms with van der Waals surface area (Å²) in [5.41, 5.74) is 0.989. The van der Waals surface area contributed by atoms with E-state index in [1.807, 2.05) is 0 Å². The smallest absolute Gasteiger partial charge is 0.323 e. The van der Waals surface area contributed by atoms with Crippen LogP contribution in [0.5, 0.6) is 0 Å². The van der Waals surface area contributed by atoms with Crippen molar-refractivity contribution in [3.8, 4) is 0 Å². The van der Waals surface area contributed by atoms with Crippen molar-refractivity contribution in [1.29, 1.82) is 0 Å². The molecule has 78 valence electrons. The molecule has 2 rings (SSSR count). The number of hydrogen-bond acceptors (Lipinski definition) is 3. The SMILES string of the molecule is Cc1cn(CC(=O)O)c2cn[nH]c(=O)c12. The minimum atomic E-state index is -0.952. The van der Waals surface area contributed by atoms with Crippen LogP contribution in [0.1, 0.15) is 5.56 Å². The van der Waals surface area contributed by atoms with Crippen molar-refractivity contribution in [2.24, 2.45) is 0 Å². The molecule has 0 aliphatic heterocycles. The Bertz CT molecular complexity index is 582. The predicted octanol–water partition coefficient (Wildman–Crippen LogP) is 0.118. The minimum Gasteiger partial charge on any atom is -0.480 e. The van der Waals surface area contributed by atoms with Crippen molar-refractivity contribution in [3.05, 3.63) is 28.3 Å². The van der Waals surface area contributed by atoms with E-state index < -0.39 is 5.97 Å². The number of nitrogens with zero attached hydrogens (tertiary/aromatic N) is 2. The molecule has 0 atom stereocenters. The molecule has 0 aromatic carbocycles. The summed E-state index contributed by atoms with van der Waals surface area (Å²) in [6.45, 7) is 1.59. The van der Waals surface area contributed by atoms with Crippen LogP contribution in [0.3, 0.4) is 0 Å². The predicted molar refractivity (Wildman–Crippen MR) is 52.7 cm³/mol. The van der Waals surface area contributed by atoms with Crippen molar-refractivity contribution in [1.82, 2.24) is 14.8 Å². The summed E-state index contributed by atoms with van der Waals surface area (Å²) < 4.78 is 1.50. The number of H-pyrrole nitrogens is 1. The number of aryl methyl sites for hydroxylation is 1. The second-order valence-corrected chi connectivity index (χ2v) is 3.29. The number of aromatic amines is 1. The minimum absolute atomic E-state index is 0.171. The highest BCUT2D eigenvalue weighted by atomic mass is 16.4. The van der Waals surface area contributed by atoms with Gasteiger partial charge >= 0.3 is 5.97 Å². The average Bonchev–Trinajstić information content (AvgIpc) is 2.44. The van der Waals surface area contributed by atoms with Crippen LogP contribution in [0.4, 0.5) is 0 Å². The Hall–Kier alpha value is -2.11. The van der Waals surface area contributed by atoms with Gasteiger partial charge < -0.3 is 9.67 Å². The normalized spacial score (nSPS) is 10.7. The molecule has 0 saturated heterocycles. The first-order valence-electron chi connectivity index (χ1n) is 4.34. The van der Waals surface area contributed by atoms with Crippen LogP contribution in [0.25, 0.3) is 10.9 Å². The number of aliphatic carboxylic acids is 1. The zero-order chi connectivity index (χ0) is 11.0. The molecule has 2 aromatic rings. The molecule has 0 aliphatic carbocycles. The molecule has 0 amide bonds. The fourth-order valence-corrected chi connectivity index (χ4v) is 1.63. The van der Waals surface area contributed by atoms with E-state index in [-0.39, 0.29) is 12.1 Å². The lowest BCUT2D eigenvalue weighted by atomic mass is 10.2. The van der Waals surface area contributed by atoms with Crippen molar-refractivity contribution in [3.63, 3.8) is 0 Å². The van der Waals surface area contributed by atoms with E-state index in [0.29, 0.717) is 10.9 Å². The summed E-state index contributed by atoms with van der Waals surface area (Å²) in [5.74, 6) is -0.952. The standard InChI is InChI=1S/C9H9N3O3/c1-5-3-12(4-7(13)14)6-2-10-11-9(15)8(5)6/h2-3H,4H2,1H3,(H,11,15)(H,13,14). The Morgan fingerprint density at radius 3 is 3.07 bits per heavy atom. The Morgan fingerprint density at radius 1 is 1.67 bits per heavy atom. The van der Waals surface area contributed by atoms with Crippen LogP contribution in [-0.2, 0) is 11.3 Å². The number of carboxylic acid groups (broad SMARTS) is 1. The molecular formula is C9H9N3O3. The van der Waals surface area contributed by atoms with Crippen molar-refractivity contribution >= 4 is 16.9 Å². The Labute approximate surface area is 84.2 Å². The molecule has 0 fully saturated rings. The fraction of sp³-hybridized carbons (Fsp3) is 0.222. The molecule has 0 spiro atoms. The van der Waals surface area contributed by atoms with Gasteiger partial charge in [-0.2, -0.15) is 5.10 Å². The molecule has 0 radical (unpaired) electrons. The van der Waals surface area contributed by atoms with Crippen LogP contribution in [0, 0.1) is 6.92 Å². The van der Waals surface area contributed by atoms with Crippen molar-refractivity contribution in [2.45, 2.75) is 13.5 Å². The van der Waals surface area contributed by atoms with E-state index in [4.69, 9.17) is 5.11 Å². The highest BCUT2D eigenvalue weighted by molar-refractivity contribution is 5.83. The van der Waals surface area contributed by atoms with Gasteiger partial charge in [0.15, 0.2) is 0 Å². The number of fused-ring (bicyclic) bond motifs is 1. The zero-order valence-corrected chi connectivity index (χ0v) is 8.02. The second kappa shape index (κ2) is 3.23. The van der Waals surface area contributed by atoms with E-state index in [1.165, 1.54) is 10.8 Å². The molecule has 2 N–H and O–H groups in total. The van der Waals surface area contributed by atoms with E-state index in [2.05, 4.69) is 10.2 Å². The Kier molecular flexibility index (Phi) is 2.03. The molecule has 0 aliphatic rings. The third kappa shape index (κ3) is 1.50. The van der Waals surface area contributed by atoms with Crippen LogP contribution in [0.2, 0.25) is 0 Å². The van der Waals surface area contributed by atoms with Gasteiger partial charge in [-0.05, 0) is 12.5 Å². The number of hydrogen-bond donors (Lipinski definition) is 2. The van der Waals surface area contributed by atoms with Gasteiger partial charge in [0.25, 0.3) is 5.56 Å². The molecule has 0 saturated carbocycles. The molecular weight excluding hydrogens is 198 g/mol. The van der Waals surface area contributed by atoms with Crippen molar-refractivity contribution in [2.75, 3.05) is 0 Å². The third-order valence-electron chi connectivity index (χ3n) is 2.19. The molecule has 2 aromatic heterocycles. The third-order valence-corrected chi connectivity index (χ3v) is 2.19. The van der Waals surface area contributed by atoms with Crippen LogP contribution < -0.4 is 5.56 Å². The van der Waals surface area contributed by atoms with Gasteiger partial charge in [0, 0.05) is 6.20 Å². The van der Waals surface area contributed by atoms with E-state index >= 15 is 0 Å². The number of carboxylic acids is 1. The molecule has 6 heteroatoms. The van der Waals surface area contributed by atoms with Gasteiger partial charge in [0.2, 0.25) is 0 Å². The van der Waals surface area contributed by atoms with Crippen LogP contribution in [0.15, 0.2) is 17.2 Å². The second-order valence-electron chi connectivity index (χ2n) is 3.29. The summed E-state index contributed by atoms with van der Waals surface area (Å²) in [7, 11) is 0. The number of nitrogens with one attached hydrogen (secondary N) is 1.